The van der Waals surface area contributed by atoms with Gasteiger partial charge in [-0.15, -0.1) is 0 Å². The number of hydrogen-bond donors (Lipinski definition) is 0. The lowest BCUT2D eigenvalue weighted by molar-refractivity contribution is 0.491. The summed E-state index contributed by atoms with van der Waals surface area (Å²) in [5, 5.41) is 9.16. The quantitative estimate of drug-likeness (QED) is 0.781. The van der Waals surface area contributed by atoms with E-state index in [1.54, 1.807) is 0 Å². The molecule has 3 rings (SSSR count). The predicted octanol–water partition coefficient (Wildman–Crippen LogP) is 4.32. The zero-order valence-corrected chi connectivity index (χ0v) is 13.3. The summed E-state index contributed by atoms with van der Waals surface area (Å²) >= 11 is 0. The number of hydrogen-bond acceptors (Lipinski definition) is 2. The van der Waals surface area contributed by atoms with Gasteiger partial charge in [-0.05, 0) is 43.4 Å². The fraction of sp³-hybridized carbons (Fsp3) is 0.444. The van der Waals surface area contributed by atoms with E-state index in [2.05, 4.69) is 27.8 Å². The van der Waals surface area contributed by atoms with E-state index < -0.39 is 0 Å². The summed E-state index contributed by atoms with van der Waals surface area (Å²) in [7, 11) is 0. The molecule has 1 aromatic carbocycles. The van der Waals surface area contributed by atoms with E-state index in [4.69, 9.17) is 5.26 Å². The number of nitriles is 1. The Kier molecular flexibility index (Phi) is 4.80. The average Bonchev–Trinajstić information content (AvgIpc) is 2.97. The molecule has 1 atom stereocenters. The van der Waals surface area contributed by atoms with Crippen LogP contribution in [0.25, 0.3) is 0 Å². The zero-order valence-electron chi connectivity index (χ0n) is 13.3. The van der Waals surface area contributed by atoms with Gasteiger partial charge >= 0.3 is 0 Å². The minimum absolute atomic E-state index is 0.418. The van der Waals surface area contributed by atoms with Crippen LogP contribution in [0.1, 0.15) is 60.6 Å². The fourth-order valence-electron chi connectivity index (χ4n) is 3.13. The summed E-state index contributed by atoms with van der Waals surface area (Å²) in [6.45, 7) is 9.12. The van der Waals surface area contributed by atoms with Crippen molar-refractivity contribution in [1.82, 2.24) is 9.55 Å². The maximum Gasteiger partial charge on any atom is 0.0997 e. The van der Waals surface area contributed by atoms with Gasteiger partial charge in [-0.1, -0.05) is 26.0 Å². The SMILES string of the molecule is CC.Cc1cc(C2CCCn3cncc32)cc(C)c1C#N. The molecule has 0 aliphatic carbocycles. The van der Waals surface area contributed by atoms with Crippen LogP contribution in [-0.4, -0.2) is 9.55 Å². The van der Waals surface area contributed by atoms with Crippen molar-refractivity contribution in [2.24, 2.45) is 0 Å². The number of benzene rings is 1. The monoisotopic (exact) mass is 281 g/mol. The van der Waals surface area contributed by atoms with E-state index in [1.807, 2.05) is 40.2 Å². The van der Waals surface area contributed by atoms with Gasteiger partial charge in [-0.3, -0.25) is 0 Å². The van der Waals surface area contributed by atoms with Crippen LogP contribution in [0.4, 0.5) is 0 Å². The van der Waals surface area contributed by atoms with Crippen LogP contribution in [-0.2, 0) is 6.54 Å². The molecule has 21 heavy (non-hydrogen) atoms. The van der Waals surface area contributed by atoms with Gasteiger partial charge in [0.1, 0.15) is 0 Å². The molecule has 2 aromatic rings. The molecule has 1 aliphatic heterocycles. The van der Waals surface area contributed by atoms with Crippen molar-refractivity contribution in [3.05, 3.63) is 52.6 Å². The summed E-state index contributed by atoms with van der Waals surface area (Å²) in [6.07, 6.45) is 6.25. The average molecular weight is 281 g/mol. The molecule has 110 valence electrons. The van der Waals surface area contributed by atoms with Crippen LogP contribution in [0.3, 0.4) is 0 Å². The van der Waals surface area contributed by atoms with Gasteiger partial charge in [0, 0.05) is 24.4 Å². The van der Waals surface area contributed by atoms with Crippen molar-refractivity contribution in [2.45, 2.75) is 53.0 Å². The third-order valence-corrected chi connectivity index (χ3v) is 4.06. The lowest BCUT2D eigenvalue weighted by Gasteiger charge is -2.25. The Morgan fingerprint density at radius 3 is 2.52 bits per heavy atom. The smallest absolute Gasteiger partial charge is 0.0997 e. The largest absolute Gasteiger partial charge is 0.334 e. The van der Waals surface area contributed by atoms with Crippen LogP contribution >= 0.6 is 0 Å². The summed E-state index contributed by atoms with van der Waals surface area (Å²) in [5.41, 5.74) is 5.58. The topological polar surface area (TPSA) is 41.6 Å². The molecule has 2 heterocycles. The highest BCUT2D eigenvalue weighted by Crippen LogP contribution is 2.34. The number of fused-ring (bicyclic) bond motifs is 1. The first-order valence-corrected chi connectivity index (χ1v) is 7.72. The molecule has 0 N–H and O–H groups in total. The molecule has 0 amide bonds. The van der Waals surface area contributed by atoms with Gasteiger partial charge in [0.05, 0.1) is 18.0 Å². The van der Waals surface area contributed by atoms with E-state index in [0.717, 1.165) is 29.7 Å². The molecule has 0 bridgehead atoms. The summed E-state index contributed by atoms with van der Waals surface area (Å²) in [4.78, 5) is 4.27. The Hall–Kier alpha value is -2.08. The highest BCUT2D eigenvalue weighted by atomic mass is 15.1. The molecular formula is C18H23N3. The second-order valence-electron chi connectivity index (χ2n) is 5.35. The molecular weight excluding hydrogens is 258 g/mol. The van der Waals surface area contributed by atoms with Crippen LogP contribution in [0.15, 0.2) is 24.7 Å². The van der Waals surface area contributed by atoms with E-state index in [-0.39, 0.29) is 0 Å². The van der Waals surface area contributed by atoms with Crippen molar-refractivity contribution in [2.75, 3.05) is 0 Å². The molecule has 0 saturated heterocycles. The van der Waals surface area contributed by atoms with E-state index in [1.165, 1.54) is 17.7 Å². The van der Waals surface area contributed by atoms with Gasteiger partial charge in [-0.25, -0.2) is 4.98 Å². The number of aromatic nitrogens is 2. The molecule has 1 aliphatic rings. The van der Waals surface area contributed by atoms with E-state index in [0.29, 0.717) is 5.92 Å². The highest BCUT2D eigenvalue weighted by Gasteiger charge is 2.23. The van der Waals surface area contributed by atoms with Crippen molar-refractivity contribution < 1.29 is 0 Å². The Morgan fingerprint density at radius 1 is 1.24 bits per heavy atom. The molecule has 0 fully saturated rings. The maximum absolute atomic E-state index is 9.16. The summed E-state index contributed by atoms with van der Waals surface area (Å²) in [6, 6.07) is 6.62. The van der Waals surface area contributed by atoms with Crippen molar-refractivity contribution in [3.63, 3.8) is 0 Å². The lowest BCUT2D eigenvalue weighted by Crippen LogP contribution is -2.15. The van der Waals surface area contributed by atoms with Crippen LogP contribution in [0, 0.1) is 25.2 Å². The molecule has 1 unspecified atom stereocenters. The van der Waals surface area contributed by atoms with Gasteiger partial charge in [0.15, 0.2) is 0 Å². The van der Waals surface area contributed by atoms with E-state index in [9.17, 15) is 0 Å². The summed E-state index contributed by atoms with van der Waals surface area (Å²) in [5.74, 6) is 0.418. The second kappa shape index (κ2) is 6.58. The molecule has 0 radical (unpaired) electrons. The van der Waals surface area contributed by atoms with Crippen LogP contribution < -0.4 is 0 Å². The highest BCUT2D eigenvalue weighted by molar-refractivity contribution is 5.47. The molecule has 0 saturated carbocycles. The Bertz CT molecular complexity index is 638. The predicted molar refractivity (Wildman–Crippen MR) is 85.3 cm³/mol. The first kappa shape index (κ1) is 15.3. The number of rotatable bonds is 1. The third kappa shape index (κ3) is 2.85. The third-order valence-electron chi connectivity index (χ3n) is 4.06. The molecule has 3 heteroatoms. The first-order chi connectivity index (χ1) is 10.2. The maximum atomic E-state index is 9.16. The minimum Gasteiger partial charge on any atom is -0.334 e. The lowest BCUT2D eigenvalue weighted by atomic mass is 9.86. The van der Waals surface area contributed by atoms with E-state index >= 15 is 0 Å². The van der Waals surface area contributed by atoms with Gasteiger partial charge in [0.25, 0.3) is 0 Å². The standard InChI is InChI=1S/C16H17N3.C2H6/c1-11-6-13(7-12(2)15(11)8-17)14-4-3-5-19-10-18-9-16(14)19;1-2/h6-7,9-10,14H,3-5H2,1-2H3;1-2H3. The van der Waals surface area contributed by atoms with Crippen molar-refractivity contribution in [3.8, 4) is 6.07 Å². The Balaban J connectivity index is 0.000000774. The molecule has 1 aromatic heterocycles. The van der Waals surface area contributed by atoms with Gasteiger partial charge < -0.3 is 4.57 Å². The minimum atomic E-state index is 0.418. The van der Waals surface area contributed by atoms with Gasteiger partial charge in [0.2, 0.25) is 0 Å². The number of aryl methyl sites for hydroxylation is 3. The second-order valence-corrected chi connectivity index (χ2v) is 5.35. The molecule has 3 nitrogen and oxygen atoms in total. The Morgan fingerprint density at radius 2 is 1.90 bits per heavy atom. The van der Waals surface area contributed by atoms with Crippen molar-refractivity contribution >= 4 is 0 Å². The number of imidazole rings is 1. The first-order valence-electron chi connectivity index (χ1n) is 7.72. The Labute approximate surface area is 127 Å². The van der Waals surface area contributed by atoms with Crippen molar-refractivity contribution in [1.29, 1.82) is 5.26 Å². The van der Waals surface area contributed by atoms with Crippen LogP contribution in [0.5, 0.6) is 0 Å². The number of nitrogens with zero attached hydrogens (tertiary/aromatic N) is 3. The zero-order chi connectivity index (χ0) is 15.4. The van der Waals surface area contributed by atoms with Crippen LogP contribution in [0.2, 0.25) is 0 Å². The summed E-state index contributed by atoms with van der Waals surface area (Å²) < 4.78 is 2.25. The fourth-order valence-corrected chi connectivity index (χ4v) is 3.13. The normalized spacial score (nSPS) is 16.4. The van der Waals surface area contributed by atoms with Gasteiger partial charge in [-0.2, -0.15) is 5.26 Å². The molecule has 0 spiro atoms.